The Morgan fingerprint density at radius 2 is 1.30 bits per heavy atom. The average Bonchev–Trinajstić information content (AvgIpc) is 3.05. The molecule has 0 aliphatic heterocycles. The SMILES string of the molecule is CC(C)CC(NC(=O)C(O)c1ccccc1Br)C(O)CC(C)C(=O)NC(C)C(=O)NC(CCC(=O)O)C(=O)NC(Cc1ccccc1)C(=O)O. The minimum atomic E-state index is -1.51. The van der Waals surface area contributed by atoms with Gasteiger partial charge in [0.05, 0.1) is 12.1 Å². The highest BCUT2D eigenvalue weighted by Crippen LogP contribution is 2.24. The van der Waals surface area contributed by atoms with Crippen LogP contribution in [0.25, 0.3) is 0 Å². The molecule has 8 N–H and O–H groups in total. The summed E-state index contributed by atoms with van der Waals surface area (Å²) in [5, 5.41) is 50.5. The molecule has 0 aromatic heterocycles. The lowest BCUT2D eigenvalue weighted by molar-refractivity contribution is -0.143. The third-order valence-electron chi connectivity index (χ3n) is 7.94. The number of nitrogens with one attached hydrogen (secondary N) is 4. The Morgan fingerprint density at radius 1 is 0.700 bits per heavy atom. The zero-order chi connectivity index (χ0) is 37.5. The van der Waals surface area contributed by atoms with Crippen molar-refractivity contribution in [3.05, 3.63) is 70.2 Å². The van der Waals surface area contributed by atoms with Gasteiger partial charge in [-0.15, -0.1) is 0 Å². The molecule has 2 aromatic carbocycles. The molecule has 274 valence electrons. The number of carbonyl (C=O) groups is 6. The van der Waals surface area contributed by atoms with Gasteiger partial charge in [-0.3, -0.25) is 24.0 Å². The zero-order valence-electron chi connectivity index (χ0n) is 28.5. The largest absolute Gasteiger partial charge is 0.481 e. The summed E-state index contributed by atoms with van der Waals surface area (Å²) in [7, 11) is 0. The molecule has 50 heavy (non-hydrogen) atoms. The predicted molar refractivity (Wildman–Crippen MR) is 186 cm³/mol. The molecule has 0 spiro atoms. The number of benzene rings is 2. The molecule has 0 heterocycles. The number of aliphatic hydroxyl groups is 2. The molecule has 14 nitrogen and oxygen atoms in total. The quantitative estimate of drug-likeness (QED) is 0.0979. The maximum absolute atomic E-state index is 13.1. The number of carboxylic acids is 2. The molecule has 7 atom stereocenters. The van der Waals surface area contributed by atoms with Gasteiger partial charge >= 0.3 is 11.9 Å². The number of rotatable bonds is 20. The van der Waals surface area contributed by atoms with Gasteiger partial charge in [0, 0.05) is 28.8 Å². The monoisotopic (exact) mass is 762 g/mol. The fourth-order valence-corrected chi connectivity index (χ4v) is 5.63. The van der Waals surface area contributed by atoms with Gasteiger partial charge in [-0.2, -0.15) is 0 Å². The van der Waals surface area contributed by atoms with Gasteiger partial charge in [-0.1, -0.05) is 85.2 Å². The summed E-state index contributed by atoms with van der Waals surface area (Å²) in [5.41, 5.74) is 0.984. The van der Waals surface area contributed by atoms with Crippen molar-refractivity contribution in [3.63, 3.8) is 0 Å². The standard InChI is InChI=1S/C35H47BrN4O10/c1-19(2)16-26(39-34(48)30(44)23-12-8-9-13-24(23)36)28(41)17-20(3)31(45)37-21(4)32(46)38-25(14-15-29(42)43)33(47)40-27(35(49)50)18-22-10-6-5-7-11-22/h5-13,19-21,25-28,30,41,44H,14-18H2,1-4H3,(H,37,45)(H,38,46)(H,39,48)(H,40,47)(H,42,43)(H,49,50). The molecule has 0 fully saturated rings. The molecule has 0 aliphatic carbocycles. The van der Waals surface area contributed by atoms with Crippen LogP contribution in [0.15, 0.2) is 59.1 Å². The Bertz CT molecular complexity index is 1470. The molecule has 2 aromatic rings. The number of carboxylic acid groups (broad SMARTS) is 2. The van der Waals surface area contributed by atoms with Crippen LogP contribution in [0.5, 0.6) is 0 Å². The molecule has 2 rings (SSSR count). The number of halogens is 1. The van der Waals surface area contributed by atoms with E-state index in [-0.39, 0.29) is 25.2 Å². The van der Waals surface area contributed by atoms with Crippen molar-refractivity contribution in [1.82, 2.24) is 21.3 Å². The molecular weight excluding hydrogens is 716 g/mol. The van der Waals surface area contributed by atoms with Crippen molar-refractivity contribution >= 4 is 51.5 Å². The second-order valence-electron chi connectivity index (χ2n) is 12.7. The molecular formula is C35H47BrN4O10. The number of aliphatic carboxylic acids is 2. The van der Waals surface area contributed by atoms with E-state index in [9.17, 15) is 49.2 Å². The van der Waals surface area contributed by atoms with E-state index < -0.39 is 84.3 Å². The molecule has 0 bridgehead atoms. The van der Waals surface area contributed by atoms with Crippen LogP contribution in [-0.4, -0.2) is 86.3 Å². The van der Waals surface area contributed by atoms with Crippen molar-refractivity contribution < 1.29 is 49.2 Å². The zero-order valence-corrected chi connectivity index (χ0v) is 30.1. The van der Waals surface area contributed by atoms with Crippen LogP contribution in [-0.2, 0) is 35.2 Å². The Hall–Kier alpha value is -4.34. The molecule has 0 saturated carbocycles. The van der Waals surface area contributed by atoms with Crippen LogP contribution >= 0.6 is 15.9 Å². The van der Waals surface area contributed by atoms with Crippen molar-refractivity contribution in [1.29, 1.82) is 0 Å². The summed E-state index contributed by atoms with van der Waals surface area (Å²) >= 11 is 3.31. The summed E-state index contributed by atoms with van der Waals surface area (Å²) in [6, 6.07) is 10.4. The van der Waals surface area contributed by atoms with Crippen LogP contribution in [0, 0.1) is 11.8 Å². The fourth-order valence-electron chi connectivity index (χ4n) is 5.13. The Morgan fingerprint density at radius 3 is 1.88 bits per heavy atom. The number of carbonyl (C=O) groups excluding carboxylic acids is 4. The highest BCUT2D eigenvalue weighted by Gasteiger charge is 2.32. The van der Waals surface area contributed by atoms with Crippen molar-refractivity contribution in [2.24, 2.45) is 11.8 Å². The summed E-state index contributed by atoms with van der Waals surface area (Å²) < 4.78 is 0.536. The molecule has 15 heteroatoms. The van der Waals surface area contributed by atoms with Gasteiger partial charge < -0.3 is 41.7 Å². The first-order valence-electron chi connectivity index (χ1n) is 16.3. The van der Waals surface area contributed by atoms with Gasteiger partial charge in [0.1, 0.15) is 18.1 Å². The van der Waals surface area contributed by atoms with E-state index in [4.69, 9.17) is 0 Å². The summed E-state index contributed by atoms with van der Waals surface area (Å²) in [5.74, 6) is -6.43. The Labute approximate surface area is 299 Å². The van der Waals surface area contributed by atoms with Crippen molar-refractivity contribution in [2.45, 2.75) is 96.2 Å². The minimum absolute atomic E-state index is 0.0406. The molecule has 0 saturated heterocycles. The topological polar surface area (TPSA) is 231 Å². The maximum atomic E-state index is 13.1. The first-order chi connectivity index (χ1) is 23.5. The second kappa shape index (κ2) is 20.4. The Balaban J connectivity index is 2.04. The summed E-state index contributed by atoms with van der Waals surface area (Å²) in [6.07, 6.45) is -3.36. The van der Waals surface area contributed by atoms with Crippen LogP contribution in [0.2, 0.25) is 0 Å². The Kier molecular flexibility index (Phi) is 17.0. The van der Waals surface area contributed by atoms with Crippen LogP contribution in [0.3, 0.4) is 0 Å². The average molecular weight is 764 g/mol. The lowest BCUT2D eigenvalue weighted by Crippen LogP contribution is -2.56. The smallest absolute Gasteiger partial charge is 0.326 e. The van der Waals surface area contributed by atoms with E-state index in [1.165, 1.54) is 13.8 Å². The molecule has 0 radical (unpaired) electrons. The number of hydrogen-bond donors (Lipinski definition) is 8. The van der Waals surface area contributed by atoms with Gasteiger partial charge in [-0.25, -0.2) is 4.79 Å². The van der Waals surface area contributed by atoms with E-state index in [0.717, 1.165) is 0 Å². The number of aliphatic hydroxyl groups excluding tert-OH is 2. The van der Waals surface area contributed by atoms with Crippen molar-refractivity contribution in [2.75, 3.05) is 0 Å². The minimum Gasteiger partial charge on any atom is -0.481 e. The van der Waals surface area contributed by atoms with Gasteiger partial charge in [0.2, 0.25) is 17.7 Å². The number of hydrogen-bond acceptors (Lipinski definition) is 8. The maximum Gasteiger partial charge on any atom is 0.326 e. The highest BCUT2D eigenvalue weighted by molar-refractivity contribution is 9.10. The first kappa shape index (κ1) is 41.8. The second-order valence-corrected chi connectivity index (χ2v) is 13.5. The van der Waals surface area contributed by atoms with Crippen LogP contribution in [0.4, 0.5) is 0 Å². The third-order valence-corrected chi connectivity index (χ3v) is 8.66. The normalized spacial score (nSPS) is 15.4. The van der Waals surface area contributed by atoms with Gasteiger partial charge in [0.25, 0.3) is 5.91 Å². The van der Waals surface area contributed by atoms with Crippen molar-refractivity contribution in [3.8, 4) is 0 Å². The molecule has 7 unspecified atom stereocenters. The third kappa shape index (κ3) is 13.9. The summed E-state index contributed by atoms with van der Waals surface area (Å²) in [4.78, 5) is 75.2. The van der Waals surface area contributed by atoms with E-state index in [2.05, 4.69) is 37.2 Å². The number of amides is 4. The van der Waals surface area contributed by atoms with E-state index in [1.54, 1.807) is 54.6 Å². The van der Waals surface area contributed by atoms with E-state index >= 15 is 0 Å². The van der Waals surface area contributed by atoms with Gasteiger partial charge in [0.15, 0.2) is 6.10 Å². The van der Waals surface area contributed by atoms with E-state index in [1.807, 2.05) is 13.8 Å². The highest BCUT2D eigenvalue weighted by atomic mass is 79.9. The molecule has 4 amide bonds. The van der Waals surface area contributed by atoms with Crippen LogP contribution < -0.4 is 21.3 Å². The lowest BCUT2D eigenvalue weighted by Gasteiger charge is -2.29. The van der Waals surface area contributed by atoms with E-state index in [0.29, 0.717) is 22.0 Å². The lowest BCUT2D eigenvalue weighted by atomic mass is 9.92. The van der Waals surface area contributed by atoms with Gasteiger partial charge in [-0.05, 0) is 43.7 Å². The fraction of sp³-hybridized carbons (Fsp3) is 0.486. The molecule has 0 aliphatic rings. The summed E-state index contributed by atoms with van der Waals surface area (Å²) in [6.45, 7) is 6.65. The predicted octanol–water partition coefficient (Wildman–Crippen LogP) is 2.07. The van der Waals surface area contributed by atoms with Crippen LogP contribution in [0.1, 0.15) is 70.6 Å². The first-order valence-corrected chi connectivity index (χ1v) is 17.1.